The molecule has 1 aromatic carbocycles. The highest BCUT2D eigenvalue weighted by Crippen LogP contribution is 2.22. The van der Waals surface area contributed by atoms with Gasteiger partial charge in [-0.25, -0.2) is 0 Å². The van der Waals surface area contributed by atoms with E-state index in [-0.39, 0.29) is 16.3 Å². The fourth-order valence-electron chi connectivity index (χ4n) is 1.84. The molecule has 0 aliphatic rings. The summed E-state index contributed by atoms with van der Waals surface area (Å²) in [6.45, 7) is 9.16. The Bertz CT molecular complexity index is 420. The van der Waals surface area contributed by atoms with Gasteiger partial charge in [0, 0.05) is 12.1 Å². The van der Waals surface area contributed by atoms with Crippen molar-refractivity contribution in [2.75, 3.05) is 11.9 Å². The first-order valence-corrected chi connectivity index (χ1v) is 5.93. The van der Waals surface area contributed by atoms with Gasteiger partial charge in [0.05, 0.1) is 5.69 Å². The van der Waals surface area contributed by atoms with Crippen molar-refractivity contribution in [3.8, 4) is 0 Å². The van der Waals surface area contributed by atoms with Gasteiger partial charge in [0.1, 0.15) is 0 Å². The van der Waals surface area contributed by atoms with Gasteiger partial charge in [-0.2, -0.15) is 0 Å². The molecule has 0 fully saturated rings. The number of rotatable bonds is 5. The van der Waals surface area contributed by atoms with Gasteiger partial charge in [-0.1, -0.05) is 20.8 Å². The Balaban J connectivity index is 2.58. The first kappa shape index (κ1) is 12.9. The fourth-order valence-corrected chi connectivity index (χ4v) is 1.84. The summed E-state index contributed by atoms with van der Waals surface area (Å²) in [6.07, 6.45) is 2.76. The molecule has 0 amide bonds. The number of anilines is 1. The molecule has 3 heteroatoms. The highest BCUT2D eigenvalue weighted by molar-refractivity contribution is 5.56. The van der Waals surface area contributed by atoms with E-state index in [4.69, 9.17) is 0 Å². The van der Waals surface area contributed by atoms with E-state index in [0.29, 0.717) is 17.8 Å². The molecule has 0 spiro atoms. The largest absolute Gasteiger partial charge is 0.382 e. The second-order valence-electron chi connectivity index (χ2n) is 5.46. The van der Waals surface area contributed by atoms with Crippen molar-refractivity contribution in [3.63, 3.8) is 0 Å². The van der Waals surface area contributed by atoms with Gasteiger partial charge in [-0.05, 0) is 31.6 Å². The average molecular weight is 223 g/mol. The van der Waals surface area contributed by atoms with E-state index >= 15 is 0 Å². The molecule has 0 bridgehead atoms. The standard InChI is InChI=1S/C13H21NO2/c1-5-14-10-9(11(15)12(10)16)7-6-8-13(2,3)4/h14H,5-8H2,1-4H3. The van der Waals surface area contributed by atoms with Crippen LogP contribution in [0.1, 0.15) is 46.1 Å². The summed E-state index contributed by atoms with van der Waals surface area (Å²) in [7, 11) is 0. The zero-order valence-corrected chi connectivity index (χ0v) is 10.6. The molecule has 0 radical (unpaired) electrons. The van der Waals surface area contributed by atoms with E-state index in [0.717, 1.165) is 19.3 Å². The van der Waals surface area contributed by atoms with Crippen LogP contribution >= 0.6 is 0 Å². The zero-order valence-electron chi connectivity index (χ0n) is 10.6. The van der Waals surface area contributed by atoms with Gasteiger partial charge in [-0.15, -0.1) is 0 Å². The third-order valence-corrected chi connectivity index (χ3v) is 2.72. The van der Waals surface area contributed by atoms with Crippen LogP contribution in [-0.2, 0) is 6.42 Å². The van der Waals surface area contributed by atoms with Gasteiger partial charge in [0.2, 0.25) is 10.9 Å². The summed E-state index contributed by atoms with van der Waals surface area (Å²) in [4.78, 5) is 22.6. The van der Waals surface area contributed by atoms with Crippen molar-refractivity contribution in [2.24, 2.45) is 5.41 Å². The van der Waals surface area contributed by atoms with Crippen molar-refractivity contribution in [3.05, 3.63) is 26.0 Å². The van der Waals surface area contributed by atoms with Crippen molar-refractivity contribution >= 4 is 5.69 Å². The Labute approximate surface area is 96.6 Å². The van der Waals surface area contributed by atoms with Crippen LogP contribution in [0, 0.1) is 5.41 Å². The molecule has 0 aliphatic heterocycles. The second kappa shape index (κ2) is 4.81. The smallest absolute Gasteiger partial charge is 0.249 e. The molecule has 16 heavy (non-hydrogen) atoms. The zero-order chi connectivity index (χ0) is 12.3. The quantitative estimate of drug-likeness (QED) is 0.777. The molecule has 3 nitrogen and oxygen atoms in total. The first-order chi connectivity index (χ1) is 7.37. The molecule has 1 rings (SSSR count). The predicted molar refractivity (Wildman–Crippen MR) is 67.9 cm³/mol. The van der Waals surface area contributed by atoms with Crippen molar-refractivity contribution in [1.82, 2.24) is 0 Å². The van der Waals surface area contributed by atoms with Gasteiger partial charge < -0.3 is 5.32 Å². The molecule has 1 aromatic rings. The maximum atomic E-state index is 11.4. The van der Waals surface area contributed by atoms with Gasteiger partial charge in [0.15, 0.2) is 0 Å². The Hall–Kier alpha value is -1.12. The molecule has 0 heterocycles. The molecule has 0 saturated heterocycles. The number of hydrogen-bond donors (Lipinski definition) is 1. The Morgan fingerprint density at radius 2 is 1.75 bits per heavy atom. The summed E-state index contributed by atoms with van der Waals surface area (Å²) in [5, 5.41) is 2.97. The maximum Gasteiger partial charge on any atom is 0.249 e. The highest BCUT2D eigenvalue weighted by Gasteiger charge is 2.20. The maximum absolute atomic E-state index is 11.4. The highest BCUT2D eigenvalue weighted by atomic mass is 16.2. The normalized spacial score (nSPS) is 12.0. The second-order valence-corrected chi connectivity index (χ2v) is 5.46. The lowest BCUT2D eigenvalue weighted by Crippen LogP contribution is -2.38. The molecule has 0 saturated carbocycles. The SMILES string of the molecule is CCNc1c(CCCC(C)(C)C)c(=O)c1=O. The van der Waals surface area contributed by atoms with Crippen molar-refractivity contribution in [2.45, 2.75) is 47.0 Å². The number of hydrogen-bond acceptors (Lipinski definition) is 3. The molecule has 90 valence electrons. The average Bonchev–Trinajstić information content (AvgIpc) is 2.20. The van der Waals surface area contributed by atoms with Crippen LogP contribution in [0.25, 0.3) is 0 Å². The molecular weight excluding hydrogens is 202 g/mol. The van der Waals surface area contributed by atoms with Crippen LogP contribution in [0.2, 0.25) is 0 Å². The van der Waals surface area contributed by atoms with E-state index in [1.54, 1.807) is 0 Å². The van der Waals surface area contributed by atoms with Crippen LogP contribution in [0.15, 0.2) is 9.59 Å². The minimum atomic E-state index is -0.340. The lowest BCUT2D eigenvalue weighted by Gasteiger charge is -2.18. The summed E-state index contributed by atoms with van der Waals surface area (Å²) in [6, 6.07) is 0. The van der Waals surface area contributed by atoms with E-state index in [9.17, 15) is 9.59 Å². The van der Waals surface area contributed by atoms with Crippen LogP contribution in [-0.4, -0.2) is 6.54 Å². The van der Waals surface area contributed by atoms with E-state index in [1.165, 1.54) is 0 Å². The lowest BCUT2D eigenvalue weighted by atomic mass is 9.88. The van der Waals surface area contributed by atoms with Crippen molar-refractivity contribution < 1.29 is 0 Å². The molecule has 0 atom stereocenters. The molecule has 1 N–H and O–H groups in total. The molecule has 0 aliphatic carbocycles. The minimum Gasteiger partial charge on any atom is -0.382 e. The Morgan fingerprint density at radius 1 is 1.12 bits per heavy atom. The number of nitrogens with one attached hydrogen (secondary N) is 1. The topological polar surface area (TPSA) is 46.2 Å². The van der Waals surface area contributed by atoms with Crippen LogP contribution < -0.4 is 16.2 Å². The van der Waals surface area contributed by atoms with E-state index < -0.39 is 0 Å². The van der Waals surface area contributed by atoms with E-state index in [2.05, 4.69) is 26.1 Å². The van der Waals surface area contributed by atoms with Gasteiger partial charge in [-0.3, -0.25) is 9.59 Å². The summed E-state index contributed by atoms with van der Waals surface area (Å²) in [5.74, 6) is 0. The summed E-state index contributed by atoms with van der Waals surface area (Å²) >= 11 is 0. The summed E-state index contributed by atoms with van der Waals surface area (Å²) in [5.41, 5.74) is 0.922. The Morgan fingerprint density at radius 3 is 2.25 bits per heavy atom. The third-order valence-electron chi connectivity index (χ3n) is 2.72. The van der Waals surface area contributed by atoms with Crippen LogP contribution in [0.3, 0.4) is 0 Å². The van der Waals surface area contributed by atoms with E-state index in [1.807, 2.05) is 6.92 Å². The van der Waals surface area contributed by atoms with Crippen LogP contribution in [0.5, 0.6) is 0 Å². The molecular formula is C13H21NO2. The van der Waals surface area contributed by atoms with Crippen LogP contribution in [0.4, 0.5) is 5.69 Å². The third kappa shape index (κ3) is 2.94. The first-order valence-electron chi connectivity index (χ1n) is 5.93. The fraction of sp³-hybridized carbons (Fsp3) is 0.692. The summed E-state index contributed by atoms with van der Waals surface area (Å²) < 4.78 is 0. The lowest BCUT2D eigenvalue weighted by molar-refractivity contribution is 0.365. The predicted octanol–water partition coefficient (Wildman–Crippen LogP) is 2.08. The van der Waals surface area contributed by atoms with Gasteiger partial charge in [0.25, 0.3) is 0 Å². The molecule has 0 unspecified atom stereocenters. The molecule has 0 aromatic heterocycles. The van der Waals surface area contributed by atoms with Crippen molar-refractivity contribution in [1.29, 1.82) is 0 Å². The monoisotopic (exact) mass is 223 g/mol. The minimum absolute atomic E-state index is 0.287. The van der Waals surface area contributed by atoms with Gasteiger partial charge >= 0.3 is 0 Å². The Kier molecular flexibility index (Phi) is 3.89.